The molecule has 7 nitrogen and oxygen atoms in total. The standard InChI is InChI=1S/C32H32N4O3.Ca.ClH/c1-5-6-11-29-28(31(37)36(22(4)33-29)25-17-12-20(2)21(3)18-25)19-23-13-15-24(16-14-23)26-9-7-8-10-27(26)30-34-32(38)39-35-30;;/h7-10,12-18H,5-6,11,19H2,1-4H3,(H,34,35,38);;1H. The Morgan fingerprint density at radius 3 is 2.24 bits per heavy atom. The van der Waals surface area contributed by atoms with Crippen molar-refractivity contribution in [3.8, 4) is 28.2 Å². The van der Waals surface area contributed by atoms with E-state index in [0.717, 1.165) is 64.0 Å². The number of H-pyrrole nitrogens is 1. The molecule has 0 aliphatic rings. The Morgan fingerprint density at radius 1 is 0.902 bits per heavy atom. The van der Waals surface area contributed by atoms with Crippen molar-refractivity contribution >= 4 is 50.1 Å². The Hall–Kier alpha value is -2.97. The van der Waals surface area contributed by atoms with Crippen LogP contribution in [0.3, 0.4) is 0 Å². The molecule has 0 atom stereocenters. The van der Waals surface area contributed by atoms with Gasteiger partial charge in [0.2, 0.25) is 0 Å². The SMILES string of the molecule is CCCCc1nc(C)n(-c2ccc(C)c(C)c2)c(=O)c1Cc1ccc(-c2ccccc2-c2noc(=O)[nH]2)cc1.Cl.[Ca]. The zero-order valence-electron chi connectivity index (χ0n) is 23.9. The van der Waals surface area contributed by atoms with Crippen LogP contribution in [0.1, 0.15) is 53.5 Å². The minimum Gasteiger partial charge on any atom is -0.296 e. The largest absolute Gasteiger partial charge is 0.439 e. The molecule has 1 N–H and O–H groups in total. The summed E-state index contributed by atoms with van der Waals surface area (Å²) in [5, 5.41) is 3.85. The van der Waals surface area contributed by atoms with Crippen LogP contribution in [0.5, 0.6) is 0 Å². The zero-order chi connectivity index (χ0) is 27.5. The van der Waals surface area contributed by atoms with Gasteiger partial charge in [-0.2, -0.15) is 0 Å². The van der Waals surface area contributed by atoms with Crippen molar-refractivity contribution in [1.82, 2.24) is 19.7 Å². The third-order valence-electron chi connectivity index (χ3n) is 7.21. The number of nitrogens with zero attached hydrogens (tertiary/aromatic N) is 3. The van der Waals surface area contributed by atoms with Gasteiger partial charge in [0, 0.05) is 55.3 Å². The number of rotatable bonds is 8. The molecule has 5 aromatic rings. The summed E-state index contributed by atoms with van der Waals surface area (Å²) >= 11 is 0. The van der Waals surface area contributed by atoms with E-state index in [2.05, 4.69) is 37.0 Å². The summed E-state index contributed by atoms with van der Waals surface area (Å²) in [4.78, 5) is 33.0. The second kappa shape index (κ2) is 14.3. The molecule has 0 fully saturated rings. The summed E-state index contributed by atoms with van der Waals surface area (Å²) in [6.45, 7) is 8.18. The predicted octanol–water partition coefficient (Wildman–Crippen LogP) is 6.14. The predicted molar refractivity (Wildman–Crippen MR) is 166 cm³/mol. The number of hydrogen-bond acceptors (Lipinski definition) is 5. The van der Waals surface area contributed by atoms with E-state index in [1.54, 1.807) is 4.57 Å². The molecule has 2 aromatic heterocycles. The Kier molecular flexibility index (Phi) is 11.3. The molecular formula is C32H33CaClN4O3. The molecule has 0 bridgehead atoms. The topological polar surface area (TPSA) is 93.8 Å². The van der Waals surface area contributed by atoms with E-state index in [1.807, 2.05) is 67.6 Å². The Labute approximate surface area is 275 Å². The number of nitrogens with one attached hydrogen (secondary N) is 1. The summed E-state index contributed by atoms with van der Waals surface area (Å²) in [5.41, 5.74) is 8.47. The van der Waals surface area contributed by atoms with Gasteiger partial charge in [-0.25, -0.2) is 9.78 Å². The number of benzene rings is 3. The minimum atomic E-state index is -0.591. The molecule has 0 saturated heterocycles. The molecule has 2 heterocycles. The van der Waals surface area contributed by atoms with E-state index >= 15 is 0 Å². The van der Waals surface area contributed by atoms with Crippen LogP contribution in [0.2, 0.25) is 0 Å². The molecular weight excluding hydrogens is 564 g/mol. The summed E-state index contributed by atoms with van der Waals surface area (Å²) in [6.07, 6.45) is 3.28. The van der Waals surface area contributed by atoms with E-state index < -0.39 is 5.76 Å². The molecule has 9 heteroatoms. The van der Waals surface area contributed by atoms with Gasteiger partial charge < -0.3 is 0 Å². The first-order valence-electron chi connectivity index (χ1n) is 13.3. The van der Waals surface area contributed by atoms with Gasteiger partial charge in [0.1, 0.15) is 5.82 Å². The molecule has 5 rings (SSSR count). The van der Waals surface area contributed by atoms with E-state index in [1.165, 1.54) is 5.56 Å². The van der Waals surface area contributed by atoms with Gasteiger partial charge in [-0.1, -0.05) is 73.1 Å². The molecule has 0 spiro atoms. The molecule has 208 valence electrons. The third kappa shape index (κ3) is 7.09. The van der Waals surface area contributed by atoms with Crippen molar-refractivity contribution in [1.29, 1.82) is 0 Å². The van der Waals surface area contributed by atoms with Crippen LogP contribution < -0.4 is 11.3 Å². The van der Waals surface area contributed by atoms with Crippen LogP contribution in [0.25, 0.3) is 28.2 Å². The Morgan fingerprint density at radius 2 is 1.61 bits per heavy atom. The van der Waals surface area contributed by atoms with E-state index in [0.29, 0.717) is 18.1 Å². The average Bonchev–Trinajstić information content (AvgIpc) is 3.37. The fraction of sp³-hybridized carbons (Fsp3) is 0.250. The maximum absolute atomic E-state index is 13.9. The molecule has 0 aliphatic heterocycles. The van der Waals surface area contributed by atoms with Crippen molar-refractivity contribution in [2.45, 2.75) is 53.4 Å². The smallest absolute Gasteiger partial charge is 0.296 e. The van der Waals surface area contributed by atoms with E-state index in [4.69, 9.17) is 9.51 Å². The zero-order valence-corrected chi connectivity index (χ0v) is 26.9. The van der Waals surface area contributed by atoms with Crippen molar-refractivity contribution in [3.05, 3.63) is 121 Å². The van der Waals surface area contributed by atoms with Crippen LogP contribution in [0.4, 0.5) is 0 Å². The number of halogens is 1. The van der Waals surface area contributed by atoms with Gasteiger partial charge >= 0.3 is 5.76 Å². The van der Waals surface area contributed by atoms with Crippen LogP contribution in [-0.4, -0.2) is 57.4 Å². The van der Waals surface area contributed by atoms with Crippen molar-refractivity contribution in [2.75, 3.05) is 0 Å². The van der Waals surface area contributed by atoms with Gasteiger partial charge in [0.05, 0.1) is 11.4 Å². The summed E-state index contributed by atoms with van der Waals surface area (Å²) in [6, 6.07) is 21.9. The van der Waals surface area contributed by atoms with Gasteiger partial charge in [-0.15, -0.1) is 12.4 Å². The fourth-order valence-corrected chi connectivity index (χ4v) is 4.91. The second-order valence-corrected chi connectivity index (χ2v) is 9.96. The molecule has 41 heavy (non-hydrogen) atoms. The Bertz CT molecular complexity index is 1760. The van der Waals surface area contributed by atoms with Gasteiger partial charge in [0.25, 0.3) is 5.56 Å². The van der Waals surface area contributed by atoms with Crippen LogP contribution >= 0.6 is 12.4 Å². The quantitative estimate of drug-likeness (QED) is 0.217. The van der Waals surface area contributed by atoms with Crippen molar-refractivity contribution in [2.24, 2.45) is 0 Å². The molecule has 0 saturated carbocycles. The van der Waals surface area contributed by atoms with Crippen LogP contribution in [0, 0.1) is 20.8 Å². The molecule has 0 aliphatic carbocycles. The minimum absolute atomic E-state index is 0. The van der Waals surface area contributed by atoms with Crippen LogP contribution in [0.15, 0.2) is 80.8 Å². The number of aromatic nitrogens is 4. The first-order chi connectivity index (χ1) is 18.9. The first-order valence-corrected chi connectivity index (χ1v) is 13.3. The van der Waals surface area contributed by atoms with E-state index in [9.17, 15) is 9.59 Å². The third-order valence-corrected chi connectivity index (χ3v) is 7.21. The van der Waals surface area contributed by atoms with Gasteiger partial charge in [-0.05, 0) is 73.6 Å². The molecule has 0 unspecified atom stereocenters. The number of aromatic amines is 1. The fourth-order valence-electron chi connectivity index (χ4n) is 4.91. The van der Waals surface area contributed by atoms with Crippen molar-refractivity contribution < 1.29 is 4.52 Å². The molecule has 2 radical (unpaired) electrons. The second-order valence-electron chi connectivity index (χ2n) is 9.96. The maximum Gasteiger partial charge on any atom is 0.439 e. The average molecular weight is 597 g/mol. The van der Waals surface area contributed by atoms with Gasteiger partial charge in [-0.3, -0.25) is 18.9 Å². The Balaban J connectivity index is 0.00000231. The summed E-state index contributed by atoms with van der Waals surface area (Å²) in [7, 11) is 0. The van der Waals surface area contributed by atoms with Gasteiger partial charge in [0.15, 0.2) is 5.82 Å². The molecule has 3 aromatic carbocycles. The monoisotopic (exact) mass is 596 g/mol. The first kappa shape index (κ1) is 32.5. The number of unbranched alkanes of at least 4 members (excludes halogenated alkanes) is 1. The number of aryl methyl sites for hydroxylation is 4. The van der Waals surface area contributed by atoms with Crippen LogP contribution in [-0.2, 0) is 12.8 Å². The van der Waals surface area contributed by atoms with Crippen molar-refractivity contribution in [3.63, 3.8) is 0 Å². The summed E-state index contributed by atoms with van der Waals surface area (Å²) < 4.78 is 6.45. The summed E-state index contributed by atoms with van der Waals surface area (Å²) in [5.74, 6) is 0.501. The molecule has 0 amide bonds. The maximum atomic E-state index is 13.9. The normalized spacial score (nSPS) is 10.6. The van der Waals surface area contributed by atoms with E-state index in [-0.39, 0.29) is 55.7 Å². The number of hydrogen-bond donors (Lipinski definition) is 1.